The van der Waals surface area contributed by atoms with Gasteiger partial charge in [0.2, 0.25) is 16.0 Å². The average Bonchev–Trinajstić information content (AvgIpc) is 3.46. The molecule has 0 amide bonds. The molecule has 178 valence electrons. The van der Waals surface area contributed by atoms with Gasteiger partial charge in [0.25, 0.3) is 6.43 Å². The van der Waals surface area contributed by atoms with E-state index in [2.05, 4.69) is 20.5 Å². The second-order valence-electron chi connectivity index (χ2n) is 8.31. The van der Waals surface area contributed by atoms with Crippen molar-refractivity contribution in [2.24, 2.45) is 0 Å². The van der Waals surface area contributed by atoms with Crippen molar-refractivity contribution in [1.29, 1.82) is 0 Å². The molecule has 1 aliphatic carbocycles. The van der Waals surface area contributed by atoms with Crippen molar-refractivity contribution >= 4 is 21.5 Å². The number of anilines is 1. The predicted molar refractivity (Wildman–Crippen MR) is 112 cm³/mol. The Morgan fingerprint density at radius 3 is 2.73 bits per heavy atom. The van der Waals surface area contributed by atoms with Crippen molar-refractivity contribution in [3.63, 3.8) is 0 Å². The first-order valence-electron chi connectivity index (χ1n) is 10.5. The summed E-state index contributed by atoms with van der Waals surface area (Å²) in [6, 6.07) is 0.721. The molecule has 2 fully saturated rings. The third-order valence-electron chi connectivity index (χ3n) is 5.89. The lowest BCUT2D eigenvalue weighted by molar-refractivity contribution is 0.0946. The second-order valence-corrected chi connectivity index (χ2v) is 10.5. The number of β-amino-alcohol motifs (C(OH)–C–C–N with tert-alkyl or cyclic N) is 1. The van der Waals surface area contributed by atoms with Crippen molar-refractivity contribution in [2.75, 3.05) is 18.4 Å². The van der Waals surface area contributed by atoms with Gasteiger partial charge in [-0.05, 0) is 19.3 Å². The normalized spacial score (nSPS) is 22.3. The number of nitrogens with zero attached hydrogens (tertiary/aromatic N) is 6. The summed E-state index contributed by atoms with van der Waals surface area (Å²) in [5.41, 5.74) is 0.792. The van der Waals surface area contributed by atoms with Crippen molar-refractivity contribution < 1.29 is 26.7 Å². The zero-order valence-corrected chi connectivity index (χ0v) is 18.2. The number of hydrogen-bond donors (Lipinski definition) is 2. The Labute approximate surface area is 187 Å². The molecule has 1 aliphatic heterocycles. The van der Waals surface area contributed by atoms with E-state index >= 15 is 0 Å². The van der Waals surface area contributed by atoms with E-state index in [1.807, 2.05) is 0 Å². The molecule has 2 aliphatic rings. The minimum absolute atomic E-state index is 0.0224. The zero-order valence-electron chi connectivity index (χ0n) is 17.4. The number of piperidine rings is 1. The molecule has 14 heteroatoms. The lowest BCUT2D eigenvalue weighted by Crippen LogP contribution is -2.52. The van der Waals surface area contributed by atoms with Gasteiger partial charge in [0.1, 0.15) is 12.1 Å². The summed E-state index contributed by atoms with van der Waals surface area (Å²) in [4.78, 5) is 4.11. The fourth-order valence-corrected chi connectivity index (χ4v) is 5.88. The van der Waals surface area contributed by atoms with Crippen LogP contribution < -0.4 is 5.32 Å². The molecule has 0 radical (unpaired) electrons. The standard InChI is InChI=1S/C19H22F3N7O3S/c20-13-5-15(11-6-24-27(8-11)10-18(21)22)29-16(13)7-23-19(26-29)25-14-3-4-28(9-17(14)30)33(31,32)12-1-2-12/h5-8,12,14,17-18,30H,1-4,9-10H2,(H,25,26)/t14-,17-/m1/s1. The quantitative estimate of drug-likeness (QED) is 0.519. The second kappa shape index (κ2) is 8.25. The number of rotatable bonds is 7. The van der Waals surface area contributed by atoms with Crippen LogP contribution in [0.4, 0.5) is 19.1 Å². The van der Waals surface area contributed by atoms with Crippen molar-refractivity contribution in [3.05, 3.63) is 30.5 Å². The van der Waals surface area contributed by atoms with Crippen LogP contribution in [0.5, 0.6) is 0 Å². The SMILES string of the molecule is O=S(=O)(C1CC1)N1CC[C@@H](Nc2ncc3c(F)cc(-c4cnn(CC(F)F)c4)n3n2)[C@H](O)C1. The predicted octanol–water partition coefficient (Wildman–Crippen LogP) is 1.34. The molecule has 1 saturated heterocycles. The van der Waals surface area contributed by atoms with Gasteiger partial charge in [0.05, 0.1) is 35.5 Å². The van der Waals surface area contributed by atoms with Crippen LogP contribution in [0, 0.1) is 5.82 Å². The molecule has 3 aromatic heterocycles. The van der Waals surface area contributed by atoms with Gasteiger partial charge in [0, 0.05) is 30.9 Å². The summed E-state index contributed by atoms with van der Waals surface area (Å²) in [6.45, 7) is -0.339. The Hall–Kier alpha value is -2.71. The van der Waals surface area contributed by atoms with Crippen LogP contribution >= 0.6 is 0 Å². The van der Waals surface area contributed by atoms with Crippen molar-refractivity contribution in [3.8, 4) is 11.3 Å². The molecule has 0 unspecified atom stereocenters. The monoisotopic (exact) mass is 485 g/mol. The largest absolute Gasteiger partial charge is 0.390 e. The van der Waals surface area contributed by atoms with Gasteiger partial charge in [-0.3, -0.25) is 4.68 Å². The first kappa shape index (κ1) is 22.1. The fraction of sp³-hybridized carbons (Fsp3) is 0.526. The van der Waals surface area contributed by atoms with E-state index in [0.717, 1.165) is 4.68 Å². The van der Waals surface area contributed by atoms with E-state index in [1.54, 1.807) is 0 Å². The maximum atomic E-state index is 14.4. The Morgan fingerprint density at radius 1 is 1.24 bits per heavy atom. The lowest BCUT2D eigenvalue weighted by atomic mass is 10.0. The third kappa shape index (κ3) is 4.29. The number of alkyl halides is 2. The van der Waals surface area contributed by atoms with Gasteiger partial charge in [-0.2, -0.15) is 9.40 Å². The van der Waals surface area contributed by atoms with E-state index < -0.39 is 41.0 Å². The van der Waals surface area contributed by atoms with Crippen LogP contribution in [0.25, 0.3) is 16.8 Å². The topological polar surface area (TPSA) is 118 Å². The Morgan fingerprint density at radius 2 is 2.03 bits per heavy atom. The van der Waals surface area contributed by atoms with Crippen LogP contribution in [-0.2, 0) is 16.6 Å². The van der Waals surface area contributed by atoms with E-state index in [0.29, 0.717) is 30.5 Å². The van der Waals surface area contributed by atoms with Gasteiger partial charge in [-0.15, -0.1) is 5.10 Å². The highest BCUT2D eigenvalue weighted by Crippen LogP contribution is 2.32. The molecular weight excluding hydrogens is 463 g/mol. The molecule has 2 N–H and O–H groups in total. The van der Waals surface area contributed by atoms with Crippen LogP contribution in [0.3, 0.4) is 0 Å². The summed E-state index contributed by atoms with van der Waals surface area (Å²) in [7, 11) is -3.37. The molecule has 2 atom stereocenters. The van der Waals surface area contributed by atoms with Crippen LogP contribution in [0.15, 0.2) is 24.7 Å². The highest BCUT2D eigenvalue weighted by molar-refractivity contribution is 7.90. The molecule has 33 heavy (non-hydrogen) atoms. The van der Waals surface area contributed by atoms with E-state index in [1.165, 1.54) is 33.5 Å². The number of sulfonamides is 1. The first-order chi connectivity index (χ1) is 15.7. The Balaban J connectivity index is 1.35. The molecule has 10 nitrogen and oxygen atoms in total. The van der Waals surface area contributed by atoms with E-state index in [4.69, 9.17) is 0 Å². The third-order valence-corrected chi connectivity index (χ3v) is 8.25. The average molecular weight is 485 g/mol. The number of fused-ring (bicyclic) bond motifs is 1. The highest BCUT2D eigenvalue weighted by atomic mass is 32.2. The van der Waals surface area contributed by atoms with Crippen molar-refractivity contribution in [2.45, 2.75) is 49.6 Å². The molecule has 0 bridgehead atoms. The minimum Gasteiger partial charge on any atom is -0.390 e. The molecule has 3 aromatic rings. The number of halogens is 3. The fourth-order valence-electron chi connectivity index (χ4n) is 4.01. The molecule has 4 heterocycles. The maximum absolute atomic E-state index is 14.4. The summed E-state index contributed by atoms with van der Waals surface area (Å²) < 4.78 is 68.2. The van der Waals surface area contributed by atoms with Gasteiger partial charge in [0.15, 0.2) is 5.82 Å². The molecule has 0 spiro atoms. The van der Waals surface area contributed by atoms with Crippen LogP contribution in [0.2, 0.25) is 0 Å². The van der Waals surface area contributed by atoms with Gasteiger partial charge >= 0.3 is 0 Å². The van der Waals surface area contributed by atoms with Gasteiger partial charge in [-0.1, -0.05) is 0 Å². The lowest BCUT2D eigenvalue weighted by Gasteiger charge is -2.35. The Bertz CT molecular complexity index is 1270. The van der Waals surface area contributed by atoms with Crippen molar-refractivity contribution in [1.82, 2.24) is 28.7 Å². The summed E-state index contributed by atoms with van der Waals surface area (Å²) >= 11 is 0. The number of aliphatic hydroxyl groups excluding tert-OH is 1. The van der Waals surface area contributed by atoms with Crippen LogP contribution in [0.1, 0.15) is 19.3 Å². The number of hydrogen-bond acceptors (Lipinski definition) is 7. The molecular formula is C19H22F3N7O3S. The summed E-state index contributed by atoms with van der Waals surface area (Å²) in [6.07, 6.45) is 2.11. The summed E-state index contributed by atoms with van der Waals surface area (Å²) in [5.74, 6) is -0.473. The van der Waals surface area contributed by atoms with E-state index in [9.17, 15) is 26.7 Å². The number of aromatic nitrogens is 5. The maximum Gasteiger partial charge on any atom is 0.257 e. The van der Waals surface area contributed by atoms with Gasteiger partial charge in [-0.25, -0.2) is 31.1 Å². The zero-order chi connectivity index (χ0) is 23.3. The highest BCUT2D eigenvalue weighted by Gasteiger charge is 2.43. The number of nitrogens with one attached hydrogen (secondary N) is 1. The molecule has 1 saturated carbocycles. The number of aliphatic hydroxyl groups is 1. The Kier molecular flexibility index (Phi) is 5.53. The van der Waals surface area contributed by atoms with E-state index in [-0.39, 0.29) is 29.8 Å². The molecule has 5 rings (SSSR count). The first-order valence-corrected chi connectivity index (χ1v) is 12.0. The minimum atomic E-state index is -3.37. The van der Waals surface area contributed by atoms with Gasteiger partial charge < -0.3 is 10.4 Å². The summed E-state index contributed by atoms with van der Waals surface area (Å²) in [5, 5.41) is 21.4. The van der Waals surface area contributed by atoms with Crippen LogP contribution in [-0.4, -0.2) is 79.1 Å². The smallest absolute Gasteiger partial charge is 0.257 e. The molecule has 0 aromatic carbocycles.